The smallest absolute Gasteiger partial charge is 0.276 e. The van der Waals surface area contributed by atoms with Crippen molar-refractivity contribution >= 4 is 17.4 Å². The molecule has 7 nitrogen and oxygen atoms in total. The number of para-hydroxylation sites is 1. The van der Waals surface area contributed by atoms with E-state index < -0.39 is 11.7 Å². The Morgan fingerprint density at radius 1 is 1.13 bits per heavy atom. The zero-order chi connectivity index (χ0) is 16.1. The van der Waals surface area contributed by atoms with Crippen molar-refractivity contribution in [1.82, 2.24) is 25.7 Å². The first-order valence-electron chi connectivity index (χ1n) is 6.84. The number of nitrogens with one attached hydrogen (secondary N) is 3. The van der Waals surface area contributed by atoms with Gasteiger partial charge in [-0.3, -0.25) is 9.78 Å². The average molecular weight is 312 g/mol. The van der Waals surface area contributed by atoms with Gasteiger partial charge in [-0.2, -0.15) is 5.21 Å². The Kier molecular flexibility index (Phi) is 4.23. The summed E-state index contributed by atoms with van der Waals surface area (Å²) in [5.74, 6) is -0.743. The third-order valence-corrected chi connectivity index (χ3v) is 3.05. The lowest BCUT2D eigenvalue weighted by molar-refractivity contribution is 0.0946. The number of aromatic nitrogens is 4. The van der Waals surface area contributed by atoms with Crippen LogP contribution in [0.3, 0.4) is 0 Å². The number of anilines is 2. The van der Waals surface area contributed by atoms with Gasteiger partial charge in [-0.1, -0.05) is 18.2 Å². The number of halogens is 1. The summed E-state index contributed by atoms with van der Waals surface area (Å²) in [6.07, 6.45) is 1.64. The van der Waals surface area contributed by atoms with Crippen LogP contribution in [0.4, 0.5) is 15.9 Å². The second kappa shape index (κ2) is 6.65. The molecule has 1 amide bonds. The second-order valence-electron chi connectivity index (χ2n) is 4.63. The molecule has 0 saturated heterocycles. The molecule has 116 valence electrons. The van der Waals surface area contributed by atoms with Crippen LogP contribution in [0.5, 0.6) is 0 Å². The van der Waals surface area contributed by atoms with Crippen molar-refractivity contribution in [1.29, 1.82) is 0 Å². The third kappa shape index (κ3) is 3.49. The monoisotopic (exact) mass is 312 g/mol. The van der Waals surface area contributed by atoms with Crippen LogP contribution < -0.4 is 10.6 Å². The van der Waals surface area contributed by atoms with E-state index in [1.54, 1.807) is 36.5 Å². The fraction of sp³-hybridized carbons (Fsp3) is 0.0667. The van der Waals surface area contributed by atoms with Crippen molar-refractivity contribution < 1.29 is 9.18 Å². The Hall–Kier alpha value is -3.29. The molecular formula is C15H13FN6O. The van der Waals surface area contributed by atoms with Gasteiger partial charge in [0, 0.05) is 6.20 Å². The lowest BCUT2D eigenvalue weighted by Gasteiger charge is -2.06. The van der Waals surface area contributed by atoms with E-state index >= 15 is 0 Å². The largest absolute Gasteiger partial charge is 0.345 e. The van der Waals surface area contributed by atoms with Crippen molar-refractivity contribution in [3.05, 3.63) is 65.9 Å². The van der Waals surface area contributed by atoms with E-state index in [9.17, 15) is 9.18 Å². The summed E-state index contributed by atoms with van der Waals surface area (Å²) >= 11 is 0. The van der Waals surface area contributed by atoms with Gasteiger partial charge in [0.15, 0.2) is 11.5 Å². The number of hydrogen-bond donors (Lipinski definition) is 3. The number of hydrogen-bond acceptors (Lipinski definition) is 5. The van der Waals surface area contributed by atoms with E-state index in [0.29, 0.717) is 5.69 Å². The maximum Gasteiger partial charge on any atom is 0.276 e. The molecule has 2 aromatic heterocycles. The van der Waals surface area contributed by atoms with Gasteiger partial charge in [0.05, 0.1) is 17.9 Å². The van der Waals surface area contributed by atoms with Crippen LogP contribution in [0.2, 0.25) is 0 Å². The maximum atomic E-state index is 13.7. The summed E-state index contributed by atoms with van der Waals surface area (Å²) in [7, 11) is 0. The summed E-state index contributed by atoms with van der Waals surface area (Å²) in [6, 6.07) is 11.5. The maximum absolute atomic E-state index is 13.7. The Morgan fingerprint density at radius 3 is 2.74 bits per heavy atom. The molecule has 0 atom stereocenters. The molecule has 0 radical (unpaired) electrons. The van der Waals surface area contributed by atoms with E-state index in [0.717, 1.165) is 0 Å². The third-order valence-electron chi connectivity index (χ3n) is 3.05. The van der Waals surface area contributed by atoms with Crippen molar-refractivity contribution in [2.24, 2.45) is 0 Å². The number of amides is 1. The Labute approximate surface area is 131 Å². The molecule has 0 spiro atoms. The van der Waals surface area contributed by atoms with Crippen LogP contribution in [0, 0.1) is 5.82 Å². The number of carbonyl (C=O) groups excluding carboxylic acids is 1. The number of pyridine rings is 1. The van der Waals surface area contributed by atoms with Gasteiger partial charge >= 0.3 is 0 Å². The zero-order valence-electron chi connectivity index (χ0n) is 12.0. The molecule has 0 bridgehead atoms. The highest BCUT2D eigenvalue weighted by atomic mass is 19.1. The molecule has 0 aliphatic rings. The molecule has 23 heavy (non-hydrogen) atoms. The van der Waals surface area contributed by atoms with E-state index in [2.05, 4.69) is 31.0 Å². The van der Waals surface area contributed by atoms with Gasteiger partial charge < -0.3 is 10.6 Å². The van der Waals surface area contributed by atoms with Crippen LogP contribution in [-0.2, 0) is 6.54 Å². The minimum atomic E-state index is -0.449. The van der Waals surface area contributed by atoms with Crippen LogP contribution in [0.15, 0.2) is 48.7 Å². The van der Waals surface area contributed by atoms with E-state index in [1.807, 2.05) is 6.07 Å². The van der Waals surface area contributed by atoms with Crippen molar-refractivity contribution in [3.8, 4) is 0 Å². The summed E-state index contributed by atoms with van der Waals surface area (Å²) < 4.78 is 13.7. The molecule has 0 unspecified atom stereocenters. The number of H-pyrrole nitrogens is 1. The van der Waals surface area contributed by atoms with E-state index in [4.69, 9.17) is 0 Å². The normalized spacial score (nSPS) is 10.3. The van der Waals surface area contributed by atoms with Gasteiger partial charge in [0.1, 0.15) is 5.82 Å². The molecule has 0 fully saturated rings. The Bertz CT molecular complexity index is 804. The number of nitrogens with zero attached hydrogens (tertiary/aromatic N) is 3. The van der Waals surface area contributed by atoms with Crippen LogP contribution in [-0.4, -0.2) is 26.3 Å². The minimum Gasteiger partial charge on any atom is -0.345 e. The number of rotatable bonds is 5. The molecule has 0 aliphatic carbocycles. The Morgan fingerprint density at radius 2 is 1.96 bits per heavy atom. The number of carbonyl (C=O) groups is 1. The molecule has 0 aliphatic heterocycles. The molecule has 0 saturated carbocycles. The first kappa shape index (κ1) is 14.6. The average Bonchev–Trinajstić information content (AvgIpc) is 3.04. The fourth-order valence-electron chi connectivity index (χ4n) is 1.92. The second-order valence-corrected chi connectivity index (χ2v) is 4.63. The van der Waals surface area contributed by atoms with Crippen LogP contribution in [0.1, 0.15) is 16.2 Å². The highest BCUT2D eigenvalue weighted by Gasteiger charge is 2.17. The topological polar surface area (TPSA) is 95.6 Å². The Balaban J connectivity index is 1.70. The number of aromatic amines is 1. The summed E-state index contributed by atoms with van der Waals surface area (Å²) in [5.41, 5.74) is 0.970. The molecule has 3 aromatic rings. The number of benzene rings is 1. The van der Waals surface area contributed by atoms with Crippen LogP contribution in [0.25, 0.3) is 0 Å². The summed E-state index contributed by atoms with van der Waals surface area (Å²) in [6.45, 7) is 0.256. The molecular weight excluding hydrogens is 299 g/mol. The highest BCUT2D eigenvalue weighted by molar-refractivity contribution is 5.97. The van der Waals surface area contributed by atoms with Crippen molar-refractivity contribution in [2.75, 3.05) is 5.32 Å². The highest BCUT2D eigenvalue weighted by Crippen LogP contribution is 2.19. The SMILES string of the molecule is O=C(NCc1ccccn1)c1n[nH]nc1Nc1ccccc1F. The lowest BCUT2D eigenvalue weighted by atomic mass is 10.3. The molecule has 3 N–H and O–H groups in total. The van der Waals surface area contributed by atoms with Gasteiger partial charge in [-0.05, 0) is 24.3 Å². The molecule has 1 aromatic carbocycles. The van der Waals surface area contributed by atoms with E-state index in [-0.39, 0.29) is 23.7 Å². The zero-order valence-corrected chi connectivity index (χ0v) is 12.0. The van der Waals surface area contributed by atoms with Gasteiger partial charge in [0.2, 0.25) is 0 Å². The molecule has 8 heteroatoms. The van der Waals surface area contributed by atoms with Gasteiger partial charge in [-0.25, -0.2) is 4.39 Å². The van der Waals surface area contributed by atoms with Crippen molar-refractivity contribution in [3.63, 3.8) is 0 Å². The first-order valence-corrected chi connectivity index (χ1v) is 6.84. The fourth-order valence-corrected chi connectivity index (χ4v) is 1.92. The molecule has 2 heterocycles. The quantitative estimate of drug-likeness (QED) is 0.670. The first-order chi connectivity index (χ1) is 11.2. The summed E-state index contributed by atoms with van der Waals surface area (Å²) in [5, 5.41) is 15.4. The summed E-state index contributed by atoms with van der Waals surface area (Å²) in [4.78, 5) is 16.3. The molecule has 3 rings (SSSR count). The lowest BCUT2D eigenvalue weighted by Crippen LogP contribution is -2.24. The van der Waals surface area contributed by atoms with Gasteiger partial charge in [-0.15, -0.1) is 10.2 Å². The van der Waals surface area contributed by atoms with Crippen LogP contribution >= 0.6 is 0 Å². The predicted molar refractivity (Wildman–Crippen MR) is 81.5 cm³/mol. The minimum absolute atomic E-state index is 0.0455. The predicted octanol–water partition coefficient (Wildman–Crippen LogP) is 2.01. The van der Waals surface area contributed by atoms with E-state index in [1.165, 1.54) is 6.07 Å². The van der Waals surface area contributed by atoms with Gasteiger partial charge in [0.25, 0.3) is 5.91 Å². The standard InChI is InChI=1S/C15H13FN6O/c16-11-6-1-2-7-12(11)19-14-13(20-22-21-14)15(23)18-9-10-5-3-4-8-17-10/h1-8H,9H2,(H,18,23)(H2,19,20,21,22). The van der Waals surface area contributed by atoms with Crippen molar-refractivity contribution in [2.45, 2.75) is 6.54 Å².